The molecule has 0 saturated carbocycles. The number of fused-ring (bicyclic) bond motifs is 1. The summed E-state index contributed by atoms with van der Waals surface area (Å²) in [5, 5.41) is 22.0. The Morgan fingerprint density at radius 2 is 1.89 bits per heavy atom. The summed E-state index contributed by atoms with van der Waals surface area (Å²) in [5.74, 6) is -0.534. The van der Waals surface area contributed by atoms with E-state index in [4.69, 9.17) is 10.2 Å². The van der Waals surface area contributed by atoms with Crippen molar-refractivity contribution < 1.29 is 24.2 Å². The zero-order chi connectivity index (χ0) is 14.0. The number of amides is 2. The molecule has 19 heavy (non-hydrogen) atoms. The van der Waals surface area contributed by atoms with Gasteiger partial charge in [-0.15, -0.1) is 0 Å². The van der Waals surface area contributed by atoms with Gasteiger partial charge in [-0.1, -0.05) is 12.1 Å². The van der Waals surface area contributed by atoms with Gasteiger partial charge in [-0.25, -0.2) is 14.0 Å². The fraction of sp³-hybridized carbons (Fsp3) is 0.333. The highest BCUT2D eigenvalue weighted by molar-refractivity contribution is 5.67. The molecular formula is C12H13FN2O4. The SMILES string of the molecule is O=C(O)N[C@H]1CCc2cccc(F)c2[C@H]1NC(=O)O. The van der Waals surface area contributed by atoms with E-state index in [0.29, 0.717) is 18.4 Å². The van der Waals surface area contributed by atoms with Gasteiger partial charge < -0.3 is 20.8 Å². The van der Waals surface area contributed by atoms with E-state index in [-0.39, 0.29) is 5.56 Å². The van der Waals surface area contributed by atoms with Crippen LogP contribution in [0.3, 0.4) is 0 Å². The first-order chi connectivity index (χ1) is 8.99. The van der Waals surface area contributed by atoms with Crippen LogP contribution in [-0.4, -0.2) is 28.4 Å². The van der Waals surface area contributed by atoms with Crippen LogP contribution in [0, 0.1) is 5.82 Å². The average molecular weight is 268 g/mol. The molecule has 0 radical (unpaired) electrons. The number of carboxylic acid groups (broad SMARTS) is 2. The Balaban J connectivity index is 2.39. The standard InChI is InChI=1S/C12H13FN2O4/c13-7-3-1-2-6-4-5-8(14-11(16)17)10(9(6)7)15-12(18)19/h1-3,8,10,14-15H,4-5H2,(H,16,17)(H,18,19)/t8-,10-/m0/s1. The van der Waals surface area contributed by atoms with Gasteiger partial charge in [0.2, 0.25) is 0 Å². The highest BCUT2D eigenvalue weighted by atomic mass is 19.1. The minimum atomic E-state index is -1.32. The second kappa shape index (κ2) is 5.13. The van der Waals surface area contributed by atoms with Crippen molar-refractivity contribution in [2.75, 3.05) is 0 Å². The van der Waals surface area contributed by atoms with Crippen molar-refractivity contribution in [1.82, 2.24) is 10.6 Å². The fourth-order valence-corrected chi connectivity index (χ4v) is 2.45. The molecule has 1 aromatic carbocycles. The maximum absolute atomic E-state index is 13.9. The lowest BCUT2D eigenvalue weighted by atomic mass is 9.83. The predicted octanol–water partition coefficient (Wildman–Crippen LogP) is 1.72. The number of hydrogen-bond acceptors (Lipinski definition) is 2. The van der Waals surface area contributed by atoms with E-state index < -0.39 is 30.1 Å². The van der Waals surface area contributed by atoms with Crippen LogP contribution in [0.15, 0.2) is 18.2 Å². The lowest BCUT2D eigenvalue weighted by molar-refractivity contribution is 0.172. The zero-order valence-electron chi connectivity index (χ0n) is 9.89. The molecule has 0 heterocycles. The smallest absolute Gasteiger partial charge is 0.405 e. The van der Waals surface area contributed by atoms with Crippen molar-refractivity contribution in [3.8, 4) is 0 Å². The number of halogens is 1. The number of nitrogens with one attached hydrogen (secondary N) is 2. The van der Waals surface area contributed by atoms with E-state index in [2.05, 4.69) is 10.6 Å². The summed E-state index contributed by atoms with van der Waals surface area (Å²) in [6.45, 7) is 0. The van der Waals surface area contributed by atoms with E-state index >= 15 is 0 Å². The first-order valence-corrected chi connectivity index (χ1v) is 5.75. The van der Waals surface area contributed by atoms with Crippen molar-refractivity contribution >= 4 is 12.2 Å². The van der Waals surface area contributed by atoms with Crippen LogP contribution in [0.5, 0.6) is 0 Å². The van der Waals surface area contributed by atoms with Crippen LogP contribution in [0.2, 0.25) is 0 Å². The van der Waals surface area contributed by atoms with Gasteiger partial charge in [-0.2, -0.15) is 0 Å². The van der Waals surface area contributed by atoms with E-state index in [1.54, 1.807) is 12.1 Å². The summed E-state index contributed by atoms with van der Waals surface area (Å²) in [6.07, 6.45) is -1.68. The van der Waals surface area contributed by atoms with E-state index in [9.17, 15) is 14.0 Å². The summed E-state index contributed by atoms with van der Waals surface area (Å²) in [7, 11) is 0. The van der Waals surface area contributed by atoms with Crippen LogP contribution in [0.1, 0.15) is 23.6 Å². The van der Waals surface area contributed by atoms with Gasteiger partial charge in [0.1, 0.15) is 5.82 Å². The Hall–Kier alpha value is -2.31. The molecule has 0 spiro atoms. The van der Waals surface area contributed by atoms with E-state index in [1.165, 1.54) is 6.07 Å². The number of benzene rings is 1. The van der Waals surface area contributed by atoms with Crippen LogP contribution < -0.4 is 10.6 Å². The number of rotatable bonds is 2. The summed E-state index contributed by atoms with van der Waals surface area (Å²) in [4.78, 5) is 21.5. The third-order valence-electron chi connectivity index (χ3n) is 3.17. The number of aryl methyl sites for hydroxylation is 1. The molecule has 7 heteroatoms. The molecule has 1 aliphatic carbocycles. The normalized spacial score (nSPS) is 21.3. The van der Waals surface area contributed by atoms with Crippen LogP contribution in [0.4, 0.5) is 14.0 Å². The Kier molecular flexibility index (Phi) is 3.55. The molecular weight excluding hydrogens is 255 g/mol. The van der Waals surface area contributed by atoms with Gasteiger partial charge in [-0.3, -0.25) is 0 Å². The van der Waals surface area contributed by atoms with E-state index in [1.807, 2.05) is 0 Å². The molecule has 0 aromatic heterocycles. The molecule has 0 bridgehead atoms. The summed E-state index contributed by atoms with van der Waals surface area (Å²) >= 11 is 0. The molecule has 1 aliphatic rings. The lowest BCUT2D eigenvalue weighted by Gasteiger charge is -2.33. The van der Waals surface area contributed by atoms with Crippen molar-refractivity contribution in [3.05, 3.63) is 35.1 Å². The van der Waals surface area contributed by atoms with Gasteiger partial charge in [0.25, 0.3) is 0 Å². The summed E-state index contributed by atoms with van der Waals surface area (Å²) in [6, 6.07) is 2.90. The minimum Gasteiger partial charge on any atom is -0.465 e. The van der Waals surface area contributed by atoms with Crippen molar-refractivity contribution in [1.29, 1.82) is 0 Å². The van der Waals surface area contributed by atoms with Gasteiger partial charge in [0.05, 0.1) is 12.1 Å². The molecule has 2 amide bonds. The maximum atomic E-state index is 13.9. The lowest BCUT2D eigenvalue weighted by Crippen LogP contribution is -2.48. The first-order valence-electron chi connectivity index (χ1n) is 5.75. The molecule has 2 rings (SSSR count). The van der Waals surface area contributed by atoms with Gasteiger partial charge >= 0.3 is 12.2 Å². The second-order valence-electron chi connectivity index (χ2n) is 4.33. The predicted molar refractivity (Wildman–Crippen MR) is 63.6 cm³/mol. The fourth-order valence-electron chi connectivity index (χ4n) is 2.45. The monoisotopic (exact) mass is 268 g/mol. The number of hydrogen-bond donors (Lipinski definition) is 4. The minimum absolute atomic E-state index is 0.218. The summed E-state index contributed by atoms with van der Waals surface area (Å²) in [5.41, 5.74) is 0.914. The van der Waals surface area contributed by atoms with Crippen molar-refractivity contribution in [3.63, 3.8) is 0 Å². The van der Waals surface area contributed by atoms with Crippen molar-refractivity contribution in [2.45, 2.75) is 24.9 Å². The highest BCUT2D eigenvalue weighted by Crippen LogP contribution is 2.32. The van der Waals surface area contributed by atoms with E-state index in [0.717, 1.165) is 0 Å². The topological polar surface area (TPSA) is 98.7 Å². The molecule has 4 N–H and O–H groups in total. The molecule has 0 saturated heterocycles. The van der Waals surface area contributed by atoms with Gasteiger partial charge in [0, 0.05) is 5.56 Å². The molecule has 0 fully saturated rings. The zero-order valence-corrected chi connectivity index (χ0v) is 9.89. The van der Waals surface area contributed by atoms with Crippen LogP contribution >= 0.6 is 0 Å². The van der Waals surface area contributed by atoms with Crippen molar-refractivity contribution in [2.24, 2.45) is 0 Å². The van der Waals surface area contributed by atoms with Crippen LogP contribution in [-0.2, 0) is 6.42 Å². The van der Waals surface area contributed by atoms with Crippen LogP contribution in [0.25, 0.3) is 0 Å². The Bertz CT molecular complexity index is 520. The van der Waals surface area contributed by atoms with Gasteiger partial charge in [-0.05, 0) is 24.5 Å². The second-order valence-corrected chi connectivity index (χ2v) is 4.33. The first kappa shape index (κ1) is 13.1. The molecule has 2 atom stereocenters. The third kappa shape index (κ3) is 2.75. The van der Waals surface area contributed by atoms with Gasteiger partial charge in [0.15, 0.2) is 0 Å². The molecule has 6 nitrogen and oxygen atoms in total. The quantitative estimate of drug-likeness (QED) is 0.656. The molecule has 0 unspecified atom stereocenters. The molecule has 102 valence electrons. The maximum Gasteiger partial charge on any atom is 0.405 e. The highest BCUT2D eigenvalue weighted by Gasteiger charge is 2.33. The Labute approximate surface area is 108 Å². The Morgan fingerprint density at radius 3 is 2.53 bits per heavy atom. The average Bonchev–Trinajstić information content (AvgIpc) is 2.31. The number of carbonyl (C=O) groups is 2. The molecule has 1 aromatic rings. The molecule has 0 aliphatic heterocycles. The summed E-state index contributed by atoms with van der Waals surface area (Å²) < 4.78 is 13.9. The largest absolute Gasteiger partial charge is 0.465 e. The Morgan fingerprint density at radius 1 is 1.21 bits per heavy atom. The third-order valence-corrected chi connectivity index (χ3v) is 3.17.